The fourth-order valence-corrected chi connectivity index (χ4v) is 0. The van der Waals surface area contributed by atoms with Crippen molar-refractivity contribution in [2.24, 2.45) is 0 Å². The molecule has 0 radical (unpaired) electrons. The van der Waals surface area contributed by atoms with Crippen LogP contribution in [0.4, 0.5) is 0 Å². The van der Waals surface area contributed by atoms with E-state index in [1.807, 2.05) is 0 Å². The van der Waals surface area contributed by atoms with Gasteiger partial charge in [0.15, 0.2) is 0 Å². The molecule has 0 fully saturated rings. The maximum atomic E-state index is 7.13. The van der Waals surface area contributed by atoms with Gasteiger partial charge in [0.1, 0.15) is 0 Å². The molecule has 9 heteroatoms. The fourth-order valence-electron chi connectivity index (χ4n) is 0. The van der Waals surface area contributed by atoms with Gasteiger partial charge in [0.2, 0.25) is 0 Å². The maximum absolute atomic E-state index is 7.13. The van der Waals surface area contributed by atoms with Crippen LogP contribution in [0, 0.1) is 10.7 Å². The summed E-state index contributed by atoms with van der Waals surface area (Å²) in [6, 6.07) is 0. The van der Waals surface area contributed by atoms with Crippen LogP contribution in [0.2, 0.25) is 0 Å². The largest absolute Gasteiger partial charge is 3.00 e. The first kappa shape index (κ1) is 23.2. The van der Waals surface area contributed by atoms with Gasteiger partial charge in [-0.2, -0.15) is 0 Å². The SMILES string of the molecule is N#C[S-].[Co+3].[N-]=[N+]=[N-].[N-]=[N+]=[N-]. The van der Waals surface area contributed by atoms with E-state index in [0.717, 1.165) is 0 Å². The summed E-state index contributed by atoms with van der Waals surface area (Å²) in [5.74, 6) is 0. The molecule has 0 aromatic rings. The summed E-state index contributed by atoms with van der Waals surface area (Å²) in [5.41, 5.74) is 27.0. The van der Waals surface area contributed by atoms with E-state index in [2.05, 4.69) is 12.6 Å². The van der Waals surface area contributed by atoms with Crippen molar-refractivity contribution in [2.75, 3.05) is 0 Å². The Morgan fingerprint density at radius 2 is 1.10 bits per heavy atom. The van der Waals surface area contributed by atoms with Crippen molar-refractivity contribution in [1.82, 2.24) is 0 Å². The van der Waals surface area contributed by atoms with E-state index in [1.165, 1.54) is 15.2 Å². The summed E-state index contributed by atoms with van der Waals surface area (Å²) in [4.78, 5) is 3.00. The van der Waals surface area contributed by atoms with Gasteiger partial charge in [-0.1, -0.05) is 5.40 Å². The molecule has 0 unspecified atom stereocenters. The quantitative estimate of drug-likeness (QED) is 0.193. The third kappa shape index (κ3) is 172. The normalized spacial score (nSPS) is 2.30. The Bertz CT molecular complexity index is 122. The van der Waals surface area contributed by atoms with E-state index in [4.69, 9.17) is 27.4 Å². The predicted molar refractivity (Wildman–Crippen MR) is 33.1 cm³/mol. The molecule has 0 amide bonds. The minimum absolute atomic E-state index is 0. The van der Waals surface area contributed by atoms with Gasteiger partial charge in [0, 0.05) is 0 Å². The summed E-state index contributed by atoms with van der Waals surface area (Å²) in [6.45, 7) is 0. The third-order valence-corrected chi connectivity index (χ3v) is 0. The Labute approximate surface area is 72.5 Å². The molecule has 0 saturated heterocycles. The van der Waals surface area contributed by atoms with Gasteiger partial charge in [-0.15, -0.1) is 0 Å². The molecular weight excluding hydrogens is 201 g/mol. The van der Waals surface area contributed by atoms with E-state index in [-0.39, 0.29) is 16.8 Å². The van der Waals surface area contributed by atoms with Crippen LogP contribution in [0.25, 0.3) is 31.9 Å². The molecule has 0 aromatic heterocycles. The van der Waals surface area contributed by atoms with Gasteiger partial charge < -0.3 is 34.8 Å². The first-order chi connectivity index (χ1) is 4.24. The van der Waals surface area contributed by atoms with Gasteiger partial charge in [-0.3, -0.25) is 9.82 Å². The molecule has 54 valence electrons. The number of hydrogen-bond acceptors (Lipinski definition) is 2. The fraction of sp³-hybridized carbons (Fsp3) is 0. The predicted octanol–water partition coefficient (Wildman–Crippen LogP) is 1.74. The number of nitriles is 1. The second kappa shape index (κ2) is 109. The van der Waals surface area contributed by atoms with Crippen molar-refractivity contribution in [3.8, 4) is 5.40 Å². The average molecular weight is 201 g/mol. The Balaban J connectivity index is -0.0000000257. The van der Waals surface area contributed by atoms with Gasteiger partial charge in [-0.25, -0.2) is 5.26 Å². The van der Waals surface area contributed by atoms with Crippen LogP contribution in [-0.2, 0) is 29.4 Å². The molecule has 7 nitrogen and oxygen atoms in total. The van der Waals surface area contributed by atoms with Crippen LogP contribution in [0.1, 0.15) is 0 Å². The number of hydrogen-bond donors (Lipinski definition) is 0. The van der Waals surface area contributed by atoms with Crippen LogP contribution in [0.5, 0.6) is 0 Å². The number of rotatable bonds is 0. The Kier molecular flexibility index (Phi) is 252. The van der Waals surface area contributed by atoms with Crippen molar-refractivity contribution in [2.45, 2.75) is 0 Å². The van der Waals surface area contributed by atoms with Crippen LogP contribution in [0.3, 0.4) is 0 Å². The molecule has 0 saturated carbocycles. The average Bonchev–Trinajstić information content (AvgIpc) is 1.70. The van der Waals surface area contributed by atoms with Crippen molar-refractivity contribution < 1.29 is 16.8 Å². The smallest absolute Gasteiger partial charge is 0.696 e. The van der Waals surface area contributed by atoms with Crippen molar-refractivity contribution in [3.05, 3.63) is 31.9 Å². The van der Waals surface area contributed by atoms with Crippen molar-refractivity contribution in [1.29, 1.82) is 5.26 Å². The molecule has 0 N–H and O–H groups in total. The first-order valence-corrected chi connectivity index (χ1v) is 1.64. The molecule has 0 atom stereocenters. The number of thiocyanates is 1. The molecule has 0 aliphatic rings. The summed E-state index contributed by atoms with van der Waals surface area (Å²) in [6.07, 6.45) is 0. The second-order valence-electron chi connectivity index (χ2n) is 0.270. The molecule has 0 rings (SSSR count). The second-order valence-corrected chi connectivity index (χ2v) is 0.453. The van der Waals surface area contributed by atoms with Crippen LogP contribution >= 0.6 is 0 Å². The summed E-state index contributed by atoms with van der Waals surface area (Å²) >= 11 is 3.70. The van der Waals surface area contributed by atoms with E-state index in [1.54, 1.807) is 0 Å². The van der Waals surface area contributed by atoms with Crippen molar-refractivity contribution in [3.63, 3.8) is 0 Å². The van der Waals surface area contributed by atoms with E-state index >= 15 is 0 Å². The standard InChI is InChI=1S/CHNS.Co.2N3/c2-1-3;;2*1-3-2/h3H;;;/q;+3;2*-1/p-1. The summed E-state index contributed by atoms with van der Waals surface area (Å²) < 4.78 is 0. The van der Waals surface area contributed by atoms with Gasteiger partial charge in [0.25, 0.3) is 0 Å². The van der Waals surface area contributed by atoms with E-state index in [0.29, 0.717) is 0 Å². The van der Waals surface area contributed by atoms with Gasteiger partial charge in [-0.05, 0) is 0 Å². The maximum Gasteiger partial charge on any atom is 3.00 e. The Morgan fingerprint density at radius 3 is 1.10 bits per heavy atom. The summed E-state index contributed by atoms with van der Waals surface area (Å²) in [7, 11) is 0. The molecule has 10 heavy (non-hydrogen) atoms. The molecule has 0 aliphatic heterocycles. The minimum atomic E-state index is 0. The zero-order valence-electron chi connectivity index (χ0n) is 4.37. The van der Waals surface area contributed by atoms with Crippen LogP contribution in [-0.4, -0.2) is 0 Å². The minimum Gasteiger partial charge on any atom is -0.696 e. The third-order valence-electron chi connectivity index (χ3n) is 0. The van der Waals surface area contributed by atoms with Gasteiger partial charge >= 0.3 is 16.8 Å². The molecule has 0 aromatic carbocycles. The number of nitrogens with zero attached hydrogens (tertiary/aromatic N) is 7. The molecule has 0 bridgehead atoms. The van der Waals surface area contributed by atoms with Crippen LogP contribution < -0.4 is 0 Å². The molecule has 0 aliphatic carbocycles. The Morgan fingerprint density at radius 1 is 1.10 bits per heavy atom. The zero-order chi connectivity index (χ0) is 8.12. The van der Waals surface area contributed by atoms with E-state index in [9.17, 15) is 0 Å². The first-order valence-electron chi connectivity index (χ1n) is 1.23. The van der Waals surface area contributed by atoms with Gasteiger partial charge in [0.05, 0.1) is 0 Å². The topological polar surface area (TPSA) is 141 Å². The molecular formula is CCoN7S. The monoisotopic (exact) mass is 201 g/mol. The van der Waals surface area contributed by atoms with Crippen LogP contribution in [0.15, 0.2) is 0 Å². The molecule has 0 spiro atoms. The molecule has 0 heterocycles. The zero-order valence-corrected chi connectivity index (χ0v) is 6.23. The Hall–Kier alpha value is -1.16. The van der Waals surface area contributed by atoms with Crippen molar-refractivity contribution >= 4 is 12.6 Å². The van der Waals surface area contributed by atoms with E-state index < -0.39 is 0 Å². The summed E-state index contributed by atoms with van der Waals surface area (Å²) in [5, 5.41) is 8.47.